The lowest BCUT2D eigenvalue weighted by Gasteiger charge is -2.31. The van der Waals surface area contributed by atoms with E-state index < -0.39 is 0 Å². The summed E-state index contributed by atoms with van der Waals surface area (Å²) < 4.78 is 0. The van der Waals surface area contributed by atoms with E-state index in [2.05, 4.69) is 15.3 Å². The molecule has 0 saturated heterocycles. The van der Waals surface area contributed by atoms with Crippen LogP contribution in [0, 0.1) is 19.8 Å². The lowest BCUT2D eigenvalue weighted by Crippen LogP contribution is -2.30. The molecule has 0 atom stereocenters. The van der Waals surface area contributed by atoms with Crippen LogP contribution < -0.4 is 5.32 Å². The fourth-order valence-electron chi connectivity index (χ4n) is 1.88. The van der Waals surface area contributed by atoms with E-state index in [9.17, 15) is 0 Å². The Morgan fingerprint density at radius 2 is 2.13 bits per heavy atom. The molecule has 1 heterocycles. The summed E-state index contributed by atoms with van der Waals surface area (Å²) in [5.41, 5.74) is 1.01. The summed E-state index contributed by atoms with van der Waals surface area (Å²) in [6.45, 7) is 4.87. The van der Waals surface area contributed by atoms with Gasteiger partial charge in [0.15, 0.2) is 0 Å². The largest absolute Gasteiger partial charge is 0.370 e. The Morgan fingerprint density at radius 1 is 1.40 bits per heavy atom. The molecular weight excluding hydrogens is 210 g/mol. The van der Waals surface area contributed by atoms with Crippen molar-refractivity contribution in [1.29, 1.82) is 0 Å². The van der Waals surface area contributed by atoms with Crippen LogP contribution in [0.25, 0.3) is 0 Å². The van der Waals surface area contributed by atoms with Gasteiger partial charge in [-0.15, -0.1) is 11.6 Å². The molecule has 0 radical (unpaired) electrons. The molecule has 2 rings (SSSR count). The number of hydrogen-bond acceptors (Lipinski definition) is 3. The smallest absolute Gasteiger partial charge is 0.129 e. The molecule has 3 nitrogen and oxygen atoms in total. The van der Waals surface area contributed by atoms with Crippen molar-refractivity contribution in [3.8, 4) is 0 Å². The fourth-order valence-corrected chi connectivity index (χ4v) is 2.38. The summed E-state index contributed by atoms with van der Waals surface area (Å²) in [5.74, 6) is 2.46. The minimum atomic E-state index is 0.394. The third-order valence-corrected chi connectivity index (χ3v) is 3.07. The number of nitrogens with zero attached hydrogens (tertiary/aromatic N) is 2. The van der Waals surface area contributed by atoms with Crippen LogP contribution >= 0.6 is 11.6 Å². The quantitative estimate of drug-likeness (QED) is 0.804. The zero-order valence-electron chi connectivity index (χ0n) is 9.13. The van der Waals surface area contributed by atoms with Crippen molar-refractivity contribution < 1.29 is 0 Å². The Kier molecular flexibility index (Phi) is 3.10. The monoisotopic (exact) mass is 225 g/mol. The van der Waals surface area contributed by atoms with Crippen LogP contribution in [0.1, 0.15) is 24.4 Å². The Hall–Kier alpha value is -0.830. The predicted octanol–water partition coefficient (Wildman–Crippen LogP) is 2.52. The van der Waals surface area contributed by atoms with Gasteiger partial charge in [0.1, 0.15) is 11.6 Å². The molecule has 0 unspecified atom stereocenters. The molecule has 0 aliphatic heterocycles. The number of nitrogens with one attached hydrogen (secondary N) is 1. The zero-order chi connectivity index (χ0) is 10.8. The third-order valence-electron chi connectivity index (χ3n) is 2.72. The number of alkyl halides is 1. The Labute approximate surface area is 95.3 Å². The van der Waals surface area contributed by atoms with Crippen LogP contribution in [-0.2, 0) is 0 Å². The van der Waals surface area contributed by atoms with Crippen molar-refractivity contribution in [2.75, 3.05) is 11.9 Å². The van der Waals surface area contributed by atoms with Gasteiger partial charge >= 0.3 is 0 Å². The van der Waals surface area contributed by atoms with Gasteiger partial charge in [0, 0.05) is 23.7 Å². The average Bonchev–Trinajstić information content (AvgIpc) is 2.09. The highest BCUT2D eigenvalue weighted by Gasteiger charge is 2.26. The number of aryl methyl sites for hydroxylation is 2. The maximum Gasteiger partial charge on any atom is 0.129 e. The normalized spacial score (nSPS) is 24.7. The van der Waals surface area contributed by atoms with E-state index in [-0.39, 0.29) is 0 Å². The van der Waals surface area contributed by atoms with E-state index in [4.69, 9.17) is 11.6 Å². The summed E-state index contributed by atoms with van der Waals surface area (Å²) in [6, 6.07) is 1.98. The first-order chi connectivity index (χ1) is 7.13. The molecule has 1 fully saturated rings. The number of halogens is 1. The van der Waals surface area contributed by atoms with E-state index in [1.54, 1.807) is 0 Å². The van der Waals surface area contributed by atoms with Crippen molar-refractivity contribution >= 4 is 17.4 Å². The molecular formula is C11H16ClN3. The molecule has 0 bridgehead atoms. The van der Waals surface area contributed by atoms with Gasteiger partial charge in [0.05, 0.1) is 0 Å². The van der Waals surface area contributed by atoms with Crippen molar-refractivity contribution in [2.24, 2.45) is 5.92 Å². The summed E-state index contributed by atoms with van der Waals surface area (Å²) in [5, 5.41) is 3.73. The van der Waals surface area contributed by atoms with Gasteiger partial charge in [-0.2, -0.15) is 0 Å². The number of rotatable bonds is 3. The van der Waals surface area contributed by atoms with Crippen molar-refractivity contribution in [3.63, 3.8) is 0 Å². The molecule has 15 heavy (non-hydrogen) atoms. The maximum absolute atomic E-state index is 5.92. The first kappa shape index (κ1) is 10.7. The predicted molar refractivity (Wildman–Crippen MR) is 62.4 cm³/mol. The van der Waals surface area contributed by atoms with E-state index in [0.717, 1.165) is 36.7 Å². The Morgan fingerprint density at radius 3 is 2.73 bits per heavy atom. The second-order valence-electron chi connectivity index (χ2n) is 4.26. The molecule has 1 aliphatic rings. The molecule has 0 amide bonds. The molecule has 0 spiro atoms. The fraction of sp³-hybridized carbons (Fsp3) is 0.636. The molecule has 82 valence electrons. The van der Waals surface area contributed by atoms with Crippen LogP contribution in [0.4, 0.5) is 5.82 Å². The number of anilines is 1. The highest BCUT2D eigenvalue weighted by Crippen LogP contribution is 2.31. The molecule has 1 aromatic rings. The van der Waals surface area contributed by atoms with Crippen molar-refractivity contribution in [2.45, 2.75) is 32.1 Å². The minimum Gasteiger partial charge on any atom is -0.370 e. The summed E-state index contributed by atoms with van der Waals surface area (Å²) in [6.07, 6.45) is 2.25. The minimum absolute atomic E-state index is 0.394. The lowest BCUT2D eigenvalue weighted by atomic mass is 9.85. The summed E-state index contributed by atoms with van der Waals surface area (Å²) in [4.78, 5) is 8.56. The van der Waals surface area contributed by atoms with Gasteiger partial charge in [0.25, 0.3) is 0 Å². The first-order valence-electron chi connectivity index (χ1n) is 5.33. The third kappa shape index (κ3) is 2.81. The Balaban J connectivity index is 1.88. The standard InChI is InChI=1S/C11H16ClN3/c1-7-3-11(15-8(2)14-7)13-6-9-4-10(12)5-9/h3,9-10H,4-6H2,1-2H3,(H,13,14,15). The van der Waals surface area contributed by atoms with E-state index in [1.807, 2.05) is 19.9 Å². The Bertz CT molecular complexity index is 327. The van der Waals surface area contributed by atoms with Gasteiger partial charge < -0.3 is 5.32 Å². The lowest BCUT2D eigenvalue weighted by molar-refractivity contribution is 0.341. The SMILES string of the molecule is Cc1cc(NCC2CC(Cl)C2)nc(C)n1. The van der Waals surface area contributed by atoms with E-state index in [1.165, 1.54) is 0 Å². The molecule has 1 saturated carbocycles. The number of hydrogen-bond donors (Lipinski definition) is 1. The van der Waals surface area contributed by atoms with Crippen molar-refractivity contribution in [3.05, 3.63) is 17.6 Å². The average molecular weight is 226 g/mol. The van der Waals surface area contributed by atoms with E-state index in [0.29, 0.717) is 11.3 Å². The molecule has 1 N–H and O–H groups in total. The van der Waals surface area contributed by atoms with Gasteiger partial charge in [-0.1, -0.05) is 0 Å². The van der Waals surface area contributed by atoms with Gasteiger partial charge in [-0.05, 0) is 32.6 Å². The van der Waals surface area contributed by atoms with E-state index >= 15 is 0 Å². The molecule has 0 aromatic carbocycles. The van der Waals surface area contributed by atoms with Crippen molar-refractivity contribution in [1.82, 2.24) is 9.97 Å². The zero-order valence-corrected chi connectivity index (χ0v) is 9.88. The highest BCUT2D eigenvalue weighted by atomic mass is 35.5. The second-order valence-corrected chi connectivity index (χ2v) is 4.87. The topological polar surface area (TPSA) is 37.8 Å². The molecule has 1 aromatic heterocycles. The van der Waals surface area contributed by atoms with Gasteiger partial charge in [-0.3, -0.25) is 0 Å². The first-order valence-corrected chi connectivity index (χ1v) is 5.77. The van der Waals surface area contributed by atoms with Crippen LogP contribution in [0.2, 0.25) is 0 Å². The van der Waals surface area contributed by atoms with Crippen LogP contribution in [0.15, 0.2) is 6.07 Å². The summed E-state index contributed by atoms with van der Waals surface area (Å²) >= 11 is 5.92. The summed E-state index contributed by atoms with van der Waals surface area (Å²) in [7, 11) is 0. The second kappa shape index (κ2) is 4.35. The maximum atomic E-state index is 5.92. The van der Waals surface area contributed by atoms with Crippen LogP contribution in [0.3, 0.4) is 0 Å². The molecule has 4 heteroatoms. The van der Waals surface area contributed by atoms with Crippen LogP contribution in [-0.4, -0.2) is 21.9 Å². The van der Waals surface area contributed by atoms with Gasteiger partial charge in [-0.25, -0.2) is 9.97 Å². The highest BCUT2D eigenvalue weighted by molar-refractivity contribution is 6.21. The van der Waals surface area contributed by atoms with Crippen LogP contribution in [0.5, 0.6) is 0 Å². The number of aromatic nitrogens is 2. The van der Waals surface area contributed by atoms with Gasteiger partial charge in [0.2, 0.25) is 0 Å². The molecule has 1 aliphatic carbocycles.